The van der Waals surface area contributed by atoms with Gasteiger partial charge in [0, 0.05) is 6.04 Å². The molecular weight excluding hydrogens is 318 g/mol. The van der Waals surface area contributed by atoms with E-state index in [0.29, 0.717) is 12.0 Å². The lowest BCUT2D eigenvalue weighted by Crippen LogP contribution is -2.38. The zero-order valence-corrected chi connectivity index (χ0v) is 14.3. The third-order valence-corrected chi connectivity index (χ3v) is 5.58. The summed E-state index contributed by atoms with van der Waals surface area (Å²) in [6.45, 7) is 5.17. The summed E-state index contributed by atoms with van der Waals surface area (Å²) >= 11 is 0. The van der Waals surface area contributed by atoms with Gasteiger partial charge >= 0.3 is 5.97 Å². The second-order valence-electron chi connectivity index (χ2n) is 6.02. The van der Waals surface area contributed by atoms with E-state index in [0.717, 1.165) is 16.7 Å². The molecule has 2 rings (SSSR count). The standard InChI is InChI=1S/C16H21NO5S/c1-10-6-11(2)15(12(3)7-10)16(19)22-8-14(18)17-13-4-5-23(20,21)9-13/h6-7,13H,4-5,8-9H2,1-3H3,(H,17,18)/t13-/m1/s1. The first kappa shape index (κ1) is 17.5. The number of esters is 1. The predicted octanol–water partition coefficient (Wildman–Crippen LogP) is 1.07. The maximum Gasteiger partial charge on any atom is 0.339 e. The van der Waals surface area contributed by atoms with E-state index in [4.69, 9.17) is 4.74 Å². The summed E-state index contributed by atoms with van der Waals surface area (Å²) in [4.78, 5) is 23.9. The van der Waals surface area contributed by atoms with Crippen LogP contribution in [0.3, 0.4) is 0 Å². The third kappa shape index (κ3) is 4.54. The zero-order chi connectivity index (χ0) is 17.2. The number of sulfone groups is 1. The van der Waals surface area contributed by atoms with Gasteiger partial charge in [-0.3, -0.25) is 4.79 Å². The molecule has 1 atom stereocenters. The van der Waals surface area contributed by atoms with Crippen molar-refractivity contribution in [1.29, 1.82) is 0 Å². The van der Waals surface area contributed by atoms with Gasteiger partial charge in [-0.05, 0) is 38.3 Å². The van der Waals surface area contributed by atoms with E-state index in [9.17, 15) is 18.0 Å². The van der Waals surface area contributed by atoms with Crippen LogP contribution in [0.15, 0.2) is 12.1 Å². The van der Waals surface area contributed by atoms with Crippen molar-refractivity contribution in [3.63, 3.8) is 0 Å². The number of amides is 1. The minimum absolute atomic E-state index is 0.0527. The average Bonchev–Trinajstić information content (AvgIpc) is 2.74. The maximum atomic E-state index is 12.1. The minimum Gasteiger partial charge on any atom is -0.452 e. The average molecular weight is 339 g/mol. The molecule has 126 valence electrons. The number of hydrogen-bond acceptors (Lipinski definition) is 5. The van der Waals surface area contributed by atoms with Gasteiger partial charge in [0.25, 0.3) is 5.91 Å². The van der Waals surface area contributed by atoms with Crippen molar-refractivity contribution >= 4 is 21.7 Å². The fraction of sp³-hybridized carbons (Fsp3) is 0.500. The Kier molecular flexibility index (Phi) is 5.09. The van der Waals surface area contributed by atoms with Crippen LogP contribution in [-0.4, -0.2) is 44.4 Å². The predicted molar refractivity (Wildman–Crippen MR) is 86.1 cm³/mol. The molecule has 1 fully saturated rings. The van der Waals surface area contributed by atoms with Crippen LogP contribution < -0.4 is 5.32 Å². The highest BCUT2D eigenvalue weighted by molar-refractivity contribution is 7.91. The second-order valence-corrected chi connectivity index (χ2v) is 8.25. The summed E-state index contributed by atoms with van der Waals surface area (Å²) < 4.78 is 27.7. The van der Waals surface area contributed by atoms with Crippen LogP contribution in [0, 0.1) is 20.8 Å². The summed E-state index contributed by atoms with van der Waals surface area (Å²) in [5.41, 5.74) is 3.12. The van der Waals surface area contributed by atoms with Gasteiger partial charge in [0.2, 0.25) is 0 Å². The third-order valence-electron chi connectivity index (χ3n) is 3.81. The molecule has 1 N–H and O–H groups in total. The number of carbonyl (C=O) groups excluding carboxylic acids is 2. The topological polar surface area (TPSA) is 89.5 Å². The highest BCUT2D eigenvalue weighted by atomic mass is 32.2. The summed E-state index contributed by atoms with van der Waals surface area (Å²) in [5.74, 6) is -1.00. The molecule has 0 unspecified atom stereocenters. The van der Waals surface area contributed by atoms with Crippen LogP contribution in [0.2, 0.25) is 0 Å². The smallest absolute Gasteiger partial charge is 0.339 e. The van der Waals surface area contributed by atoms with E-state index in [1.165, 1.54) is 0 Å². The SMILES string of the molecule is Cc1cc(C)c(C(=O)OCC(=O)N[C@@H]2CCS(=O)(=O)C2)c(C)c1. The van der Waals surface area contributed by atoms with Crippen LogP contribution in [-0.2, 0) is 19.4 Å². The number of ether oxygens (including phenoxy) is 1. The minimum atomic E-state index is -3.05. The highest BCUT2D eigenvalue weighted by Gasteiger charge is 2.29. The molecule has 0 spiro atoms. The number of rotatable bonds is 4. The highest BCUT2D eigenvalue weighted by Crippen LogP contribution is 2.17. The number of carbonyl (C=O) groups is 2. The van der Waals surface area contributed by atoms with Gasteiger partial charge in [-0.15, -0.1) is 0 Å². The Labute approximate surface area is 136 Å². The molecule has 1 amide bonds. The van der Waals surface area contributed by atoms with E-state index in [1.54, 1.807) is 0 Å². The van der Waals surface area contributed by atoms with Gasteiger partial charge in [0.05, 0.1) is 17.1 Å². The molecule has 0 saturated carbocycles. The molecule has 1 saturated heterocycles. The summed E-state index contributed by atoms with van der Waals surface area (Å²) in [5, 5.41) is 2.58. The van der Waals surface area contributed by atoms with Gasteiger partial charge in [0.1, 0.15) is 0 Å². The molecule has 1 aromatic rings. The molecule has 1 aliphatic rings. The Morgan fingerprint density at radius 1 is 1.22 bits per heavy atom. The summed E-state index contributed by atoms with van der Waals surface area (Å²) in [6, 6.07) is 3.37. The van der Waals surface area contributed by atoms with Crippen LogP contribution in [0.1, 0.15) is 33.5 Å². The Morgan fingerprint density at radius 3 is 2.35 bits per heavy atom. The summed E-state index contributed by atoms with van der Waals surface area (Å²) in [6.07, 6.45) is 0.401. The Balaban J connectivity index is 1.91. The van der Waals surface area contributed by atoms with E-state index >= 15 is 0 Å². The summed E-state index contributed by atoms with van der Waals surface area (Å²) in [7, 11) is -3.05. The van der Waals surface area contributed by atoms with Crippen LogP contribution >= 0.6 is 0 Å². The van der Waals surface area contributed by atoms with Crippen molar-refractivity contribution < 1.29 is 22.7 Å². The molecule has 23 heavy (non-hydrogen) atoms. The van der Waals surface area contributed by atoms with Crippen LogP contribution in [0.4, 0.5) is 0 Å². The van der Waals surface area contributed by atoms with Crippen molar-refractivity contribution in [3.05, 3.63) is 34.4 Å². The van der Waals surface area contributed by atoms with E-state index in [1.807, 2.05) is 32.9 Å². The molecule has 6 nitrogen and oxygen atoms in total. The molecule has 1 aromatic carbocycles. The molecular formula is C16H21NO5S. The molecule has 7 heteroatoms. The van der Waals surface area contributed by atoms with Crippen LogP contribution in [0.25, 0.3) is 0 Å². The van der Waals surface area contributed by atoms with Gasteiger partial charge in [-0.2, -0.15) is 0 Å². The number of aryl methyl sites for hydroxylation is 3. The maximum absolute atomic E-state index is 12.1. The van der Waals surface area contributed by atoms with E-state index in [2.05, 4.69) is 5.32 Å². The monoisotopic (exact) mass is 339 g/mol. The van der Waals surface area contributed by atoms with Crippen molar-refractivity contribution in [3.8, 4) is 0 Å². The first-order valence-corrected chi connectivity index (χ1v) is 9.25. The lowest BCUT2D eigenvalue weighted by atomic mass is 10.00. The quantitative estimate of drug-likeness (QED) is 0.829. The van der Waals surface area contributed by atoms with Crippen molar-refractivity contribution in [2.45, 2.75) is 33.2 Å². The van der Waals surface area contributed by atoms with Gasteiger partial charge in [-0.1, -0.05) is 17.7 Å². The van der Waals surface area contributed by atoms with E-state index in [-0.39, 0.29) is 11.5 Å². The van der Waals surface area contributed by atoms with Gasteiger partial charge in [0.15, 0.2) is 16.4 Å². The van der Waals surface area contributed by atoms with Crippen molar-refractivity contribution in [1.82, 2.24) is 5.32 Å². The largest absolute Gasteiger partial charge is 0.452 e. The number of benzene rings is 1. The fourth-order valence-corrected chi connectivity index (χ4v) is 4.56. The second kappa shape index (κ2) is 6.70. The zero-order valence-electron chi connectivity index (χ0n) is 13.5. The molecule has 0 aliphatic carbocycles. The molecule has 1 aliphatic heterocycles. The molecule has 0 radical (unpaired) electrons. The van der Waals surface area contributed by atoms with Gasteiger partial charge in [-0.25, -0.2) is 13.2 Å². The Hall–Kier alpha value is -1.89. The Morgan fingerprint density at radius 2 is 1.83 bits per heavy atom. The first-order valence-electron chi connectivity index (χ1n) is 7.43. The van der Waals surface area contributed by atoms with Gasteiger partial charge < -0.3 is 10.1 Å². The first-order chi connectivity index (χ1) is 10.7. The van der Waals surface area contributed by atoms with Crippen LogP contribution in [0.5, 0.6) is 0 Å². The molecule has 1 heterocycles. The Bertz CT molecular complexity index is 716. The normalized spacial score (nSPS) is 19.3. The van der Waals surface area contributed by atoms with Crippen molar-refractivity contribution in [2.75, 3.05) is 18.1 Å². The molecule has 0 bridgehead atoms. The molecule has 0 aromatic heterocycles. The lowest BCUT2D eigenvalue weighted by Gasteiger charge is -2.13. The lowest BCUT2D eigenvalue weighted by molar-refractivity contribution is -0.124. The van der Waals surface area contributed by atoms with E-state index < -0.39 is 34.4 Å². The van der Waals surface area contributed by atoms with Crippen molar-refractivity contribution in [2.24, 2.45) is 0 Å². The number of hydrogen-bond donors (Lipinski definition) is 1. The number of nitrogens with one attached hydrogen (secondary N) is 1. The fourth-order valence-electron chi connectivity index (χ4n) is 2.88.